The third-order valence-corrected chi connectivity index (χ3v) is 2.55. The van der Waals surface area contributed by atoms with Crippen LogP contribution in [0, 0.1) is 0 Å². The molecule has 0 spiro atoms. The predicted molar refractivity (Wildman–Crippen MR) is 67.2 cm³/mol. The molecule has 0 radical (unpaired) electrons. The molecular formula is C11H13Cl2NO3. The van der Waals surface area contributed by atoms with Crippen molar-refractivity contribution in [1.29, 1.82) is 0 Å². The van der Waals surface area contributed by atoms with Gasteiger partial charge in [-0.15, -0.1) is 0 Å². The molecule has 94 valence electrons. The van der Waals surface area contributed by atoms with Gasteiger partial charge in [0.2, 0.25) is 0 Å². The van der Waals surface area contributed by atoms with Gasteiger partial charge in [0, 0.05) is 18.7 Å². The first-order chi connectivity index (χ1) is 8.10. The monoisotopic (exact) mass is 277 g/mol. The highest BCUT2D eigenvalue weighted by atomic mass is 35.5. The van der Waals surface area contributed by atoms with E-state index in [1.54, 1.807) is 7.11 Å². The van der Waals surface area contributed by atoms with E-state index < -0.39 is 0 Å². The van der Waals surface area contributed by atoms with E-state index in [2.05, 4.69) is 5.32 Å². The van der Waals surface area contributed by atoms with Gasteiger partial charge >= 0.3 is 0 Å². The minimum Gasteiger partial charge on any atom is -0.494 e. The molecule has 0 aliphatic heterocycles. The molecule has 1 aromatic carbocycles. The van der Waals surface area contributed by atoms with Crippen molar-refractivity contribution in [3.8, 4) is 5.75 Å². The number of ether oxygens (including phenoxy) is 2. The average Bonchev–Trinajstić information content (AvgIpc) is 2.28. The SMILES string of the molecule is COCCNC(=O)c1cc(Cl)cc(Cl)c1OC. The Morgan fingerprint density at radius 1 is 1.35 bits per heavy atom. The van der Waals surface area contributed by atoms with Crippen LogP contribution in [0.2, 0.25) is 10.0 Å². The number of halogens is 2. The molecule has 1 rings (SSSR count). The van der Waals surface area contributed by atoms with Crippen LogP contribution >= 0.6 is 23.2 Å². The fourth-order valence-corrected chi connectivity index (χ4v) is 1.87. The van der Waals surface area contributed by atoms with E-state index in [0.29, 0.717) is 34.5 Å². The summed E-state index contributed by atoms with van der Waals surface area (Å²) in [4.78, 5) is 11.8. The Morgan fingerprint density at radius 3 is 2.65 bits per heavy atom. The van der Waals surface area contributed by atoms with Crippen LogP contribution in [0.1, 0.15) is 10.4 Å². The molecule has 0 aromatic heterocycles. The fraction of sp³-hybridized carbons (Fsp3) is 0.364. The van der Waals surface area contributed by atoms with Crippen LogP contribution < -0.4 is 10.1 Å². The first-order valence-corrected chi connectivity index (χ1v) is 5.66. The number of nitrogens with one attached hydrogen (secondary N) is 1. The van der Waals surface area contributed by atoms with Gasteiger partial charge in [0.1, 0.15) is 5.75 Å². The second kappa shape index (κ2) is 6.69. The molecule has 0 aliphatic rings. The Labute approximate surface area is 110 Å². The molecule has 0 aliphatic carbocycles. The maximum absolute atomic E-state index is 11.8. The smallest absolute Gasteiger partial charge is 0.255 e. The van der Waals surface area contributed by atoms with Gasteiger partial charge in [-0.25, -0.2) is 0 Å². The second-order valence-corrected chi connectivity index (χ2v) is 4.06. The predicted octanol–water partition coefficient (Wildman–Crippen LogP) is 2.38. The van der Waals surface area contributed by atoms with Gasteiger partial charge in [0.25, 0.3) is 5.91 Å². The van der Waals surface area contributed by atoms with Crippen molar-refractivity contribution in [3.05, 3.63) is 27.7 Å². The van der Waals surface area contributed by atoms with Crippen LogP contribution in [0.3, 0.4) is 0 Å². The zero-order valence-electron chi connectivity index (χ0n) is 9.55. The molecule has 0 saturated heterocycles. The summed E-state index contributed by atoms with van der Waals surface area (Å²) in [6.07, 6.45) is 0. The minimum atomic E-state index is -0.302. The number of carbonyl (C=O) groups is 1. The lowest BCUT2D eigenvalue weighted by Crippen LogP contribution is -2.27. The summed E-state index contributed by atoms with van der Waals surface area (Å²) in [5.74, 6) is 0.00860. The highest BCUT2D eigenvalue weighted by molar-refractivity contribution is 6.36. The van der Waals surface area contributed by atoms with Gasteiger partial charge < -0.3 is 14.8 Å². The zero-order chi connectivity index (χ0) is 12.8. The molecule has 4 nitrogen and oxygen atoms in total. The molecule has 0 bridgehead atoms. The molecule has 6 heteroatoms. The van der Waals surface area contributed by atoms with Crippen LogP contribution in [0.4, 0.5) is 0 Å². The summed E-state index contributed by atoms with van der Waals surface area (Å²) in [7, 11) is 3.00. The van der Waals surface area contributed by atoms with Crippen LogP contribution in [0.15, 0.2) is 12.1 Å². The quantitative estimate of drug-likeness (QED) is 0.841. The average molecular weight is 278 g/mol. The lowest BCUT2D eigenvalue weighted by molar-refractivity contribution is 0.0934. The van der Waals surface area contributed by atoms with Crippen LogP contribution in [-0.2, 0) is 4.74 Å². The number of amides is 1. The molecular weight excluding hydrogens is 265 g/mol. The maximum atomic E-state index is 11.8. The Bertz CT molecular complexity index is 410. The van der Waals surface area contributed by atoms with E-state index in [0.717, 1.165) is 0 Å². The van der Waals surface area contributed by atoms with Gasteiger partial charge in [-0.2, -0.15) is 0 Å². The molecule has 1 N–H and O–H groups in total. The summed E-state index contributed by atoms with van der Waals surface area (Å²) >= 11 is 11.8. The summed E-state index contributed by atoms with van der Waals surface area (Å²) in [6.45, 7) is 0.838. The number of methoxy groups -OCH3 is 2. The van der Waals surface area contributed by atoms with Crippen LogP contribution in [-0.4, -0.2) is 33.3 Å². The van der Waals surface area contributed by atoms with Gasteiger partial charge in [0.05, 0.1) is 24.3 Å². The molecule has 0 atom stereocenters. The van der Waals surface area contributed by atoms with E-state index in [1.165, 1.54) is 19.2 Å². The summed E-state index contributed by atoms with van der Waals surface area (Å²) in [6, 6.07) is 3.03. The molecule has 0 unspecified atom stereocenters. The summed E-state index contributed by atoms with van der Waals surface area (Å²) in [5, 5.41) is 3.35. The molecule has 1 aromatic rings. The fourth-order valence-electron chi connectivity index (χ4n) is 1.30. The third-order valence-electron chi connectivity index (χ3n) is 2.05. The standard InChI is InChI=1S/C11H13Cl2NO3/c1-16-4-3-14-11(15)8-5-7(12)6-9(13)10(8)17-2/h5-6H,3-4H2,1-2H3,(H,14,15). The Kier molecular flexibility index (Phi) is 5.55. The molecule has 0 fully saturated rings. The van der Waals surface area contributed by atoms with Crippen molar-refractivity contribution < 1.29 is 14.3 Å². The Balaban J connectivity index is 2.91. The van der Waals surface area contributed by atoms with Gasteiger partial charge in [0.15, 0.2) is 0 Å². The second-order valence-electron chi connectivity index (χ2n) is 3.22. The number of rotatable bonds is 5. The largest absolute Gasteiger partial charge is 0.494 e. The molecule has 0 heterocycles. The van der Waals surface area contributed by atoms with Crippen molar-refractivity contribution >= 4 is 29.1 Å². The molecule has 17 heavy (non-hydrogen) atoms. The molecule has 0 saturated carbocycles. The highest BCUT2D eigenvalue weighted by Gasteiger charge is 2.16. The topological polar surface area (TPSA) is 47.6 Å². The Morgan fingerprint density at radius 2 is 2.06 bits per heavy atom. The van der Waals surface area contributed by atoms with E-state index >= 15 is 0 Å². The lowest BCUT2D eigenvalue weighted by Gasteiger charge is -2.11. The highest BCUT2D eigenvalue weighted by Crippen LogP contribution is 2.31. The van der Waals surface area contributed by atoms with Gasteiger partial charge in [-0.3, -0.25) is 4.79 Å². The maximum Gasteiger partial charge on any atom is 0.255 e. The third kappa shape index (κ3) is 3.77. The molecule has 1 amide bonds. The van der Waals surface area contributed by atoms with E-state index in [-0.39, 0.29) is 5.91 Å². The van der Waals surface area contributed by atoms with Crippen molar-refractivity contribution in [2.45, 2.75) is 0 Å². The number of carbonyl (C=O) groups excluding carboxylic acids is 1. The Hall–Kier alpha value is -0.970. The van der Waals surface area contributed by atoms with Crippen LogP contribution in [0.25, 0.3) is 0 Å². The van der Waals surface area contributed by atoms with E-state index in [9.17, 15) is 4.79 Å². The van der Waals surface area contributed by atoms with Gasteiger partial charge in [-0.05, 0) is 12.1 Å². The minimum absolute atomic E-state index is 0.302. The van der Waals surface area contributed by atoms with E-state index in [4.69, 9.17) is 32.7 Å². The van der Waals surface area contributed by atoms with E-state index in [1.807, 2.05) is 0 Å². The number of hydrogen-bond acceptors (Lipinski definition) is 3. The summed E-state index contributed by atoms with van der Waals surface area (Å²) in [5.41, 5.74) is 0.307. The number of benzene rings is 1. The van der Waals surface area contributed by atoms with Crippen molar-refractivity contribution in [2.75, 3.05) is 27.4 Å². The lowest BCUT2D eigenvalue weighted by atomic mass is 10.2. The number of hydrogen-bond donors (Lipinski definition) is 1. The first-order valence-electron chi connectivity index (χ1n) is 4.90. The van der Waals surface area contributed by atoms with Crippen molar-refractivity contribution in [1.82, 2.24) is 5.32 Å². The first kappa shape index (κ1) is 14.1. The zero-order valence-corrected chi connectivity index (χ0v) is 11.1. The van der Waals surface area contributed by atoms with Gasteiger partial charge in [-0.1, -0.05) is 23.2 Å². The van der Waals surface area contributed by atoms with Crippen molar-refractivity contribution in [2.24, 2.45) is 0 Å². The van der Waals surface area contributed by atoms with Crippen LogP contribution in [0.5, 0.6) is 5.75 Å². The van der Waals surface area contributed by atoms with Crippen molar-refractivity contribution in [3.63, 3.8) is 0 Å². The summed E-state index contributed by atoms with van der Waals surface area (Å²) < 4.78 is 9.91. The normalized spacial score (nSPS) is 10.1.